The van der Waals surface area contributed by atoms with Gasteiger partial charge in [0.15, 0.2) is 9.84 Å². The number of nitrogens with one attached hydrogen (secondary N) is 1. The Morgan fingerprint density at radius 2 is 1.96 bits per heavy atom. The van der Waals surface area contributed by atoms with Crippen molar-refractivity contribution >= 4 is 21.6 Å². The van der Waals surface area contributed by atoms with Gasteiger partial charge in [0.1, 0.15) is 11.5 Å². The highest BCUT2D eigenvalue weighted by Crippen LogP contribution is 2.21. The number of hydrogen-bond acceptors (Lipinski definition) is 6. The van der Waals surface area contributed by atoms with Crippen molar-refractivity contribution in [3.05, 3.63) is 54.0 Å². The van der Waals surface area contributed by atoms with Crippen molar-refractivity contribution in [1.29, 1.82) is 0 Å². The lowest BCUT2D eigenvalue weighted by Crippen LogP contribution is -2.33. The molecule has 2 unspecified atom stereocenters. The zero-order valence-electron chi connectivity index (χ0n) is 14.8. The Labute approximate surface area is 153 Å². The molecule has 2 heterocycles. The summed E-state index contributed by atoms with van der Waals surface area (Å²) in [5.41, 5.74) is 1.23. The zero-order valence-corrected chi connectivity index (χ0v) is 15.6. The van der Waals surface area contributed by atoms with Gasteiger partial charge in [0.25, 0.3) is 5.91 Å². The molecule has 1 aromatic heterocycles. The smallest absolute Gasteiger partial charge is 0.271 e. The summed E-state index contributed by atoms with van der Waals surface area (Å²) in [6, 6.07) is 9.42. The molecule has 0 spiro atoms. The molecule has 1 aromatic carbocycles. The first-order valence-corrected chi connectivity index (χ1v) is 10.3. The Bertz CT molecular complexity index is 869. The minimum absolute atomic E-state index is 0.105. The van der Waals surface area contributed by atoms with Gasteiger partial charge in [-0.15, -0.1) is 0 Å². The number of benzene rings is 1. The number of sulfone groups is 1. The maximum absolute atomic E-state index is 12.3. The second-order valence-electron chi connectivity index (χ2n) is 6.53. The van der Waals surface area contributed by atoms with Crippen LogP contribution in [-0.4, -0.2) is 48.9 Å². The number of carbonyl (C=O) groups excluding carboxylic acids is 1. The molecule has 1 aliphatic rings. The van der Waals surface area contributed by atoms with E-state index in [2.05, 4.69) is 15.3 Å². The number of aromatic nitrogens is 2. The summed E-state index contributed by atoms with van der Waals surface area (Å²) in [5.74, 6) is 0.584. The van der Waals surface area contributed by atoms with E-state index in [1.54, 1.807) is 7.05 Å². The molecule has 1 amide bonds. The lowest BCUT2D eigenvalue weighted by atomic mass is 10.1. The van der Waals surface area contributed by atoms with Crippen molar-refractivity contribution in [3.63, 3.8) is 0 Å². The average Bonchev–Trinajstić information content (AvgIpc) is 3.01. The molecule has 1 fully saturated rings. The van der Waals surface area contributed by atoms with Crippen LogP contribution in [0.5, 0.6) is 0 Å². The van der Waals surface area contributed by atoms with Crippen LogP contribution < -0.4 is 10.2 Å². The first-order chi connectivity index (χ1) is 12.4. The van der Waals surface area contributed by atoms with Crippen LogP contribution in [-0.2, 0) is 9.84 Å². The van der Waals surface area contributed by atoms with E-state index in [9.17, 15) is 13.2 Å². The normalized spacial score (nSPS) is 19.7. The number of amides is 1. The minimum Gasteiger partial charge on any atom is -0.354 e. The van der Waals surface area contributed by atoms with E-state index in [1.165, 1.54) is 12.4 Å². The molecule has 0 radical (unpaired) electrons. The Morgan fingerprint density at radius 3 is 2.54 bits per heavy atom. The third-order valence-corrected chi connectivity index (χ3v) is 6.39. The van der Waals surface area contributed by atoms with Crippen molar-refractivity contribution in [2.45, 2.75) is 25.4 Å². The second kappa shape index (κ2) is 7.41. The van der Waals surface area contributed by atoms with Gasteiger partial charge >= 0.3 is 0 Å². The molecule has 2 aromatic rings. The van der Waals surface area contributed by atoms with Crippen molar-refractivity contribution in [2.75, 3.05) is 23.5 Å². The molecule has 1 aliphatic heterocycles. The molecule has 0 aliphatic carbocycles. The van der Waals surface area contributed by atoms with Crippen LogP contribution in [0, 0.1) is 0 Å². The van der Waals surface area contributed by atoms with Gasteiger partial charge in [0.05, 0.1) is 29.9 Å². The lowest BCUT2D eigenvalue weighted by Gasteiger charge is -2.24. The fraction of sp³-hybridized carbons (Fsp3) is 0.389. The molecule has 26 heavy (non-hydrogen) atoms. The van der Waals surface area contributed by atoms with Gasteiger partial charge in [-0.1, -0.05) is 30.3 Å². The van der Waals surface area contributed by atoms with Crippen molar-refractivity contribution in [2.24, 2.45) is 0 Å². The highest BCUT2D eigenvalue weighted by molar-refractivity contribution is 7.91. The summed E-state index contributed by atoms with van der Waals surface area (Å²) in [6.45, 7) is 1.91. The van der Waals surface area contributed by atoms with Gasteiger partial charge < -0.3 is 10.2 Å². The standard InChI is InChI=1S/C18H22N4O3S/c1-13(14-6-4-3-5-7-14)21-18(23)16-10-20-17(11-19-16)22(2)15-8-9-26(24,25)12-15/h3-7,10-11,13,15H,8-9,12H2,1-2H3,(H,21,23). The van der Waals surface area contributed by atoms with Crippen LogP contribution in [0.4, 0.5) is 5.82 Å². The van der Waals surface area contributed by atoms with Crippen molar-refractivity contribution < 1.29 is 13.2 Å². The zero-order chi connectivity index (χ0) is 18.7. The highest BCUT2D eigenvalue weighted by atomic mass is 32.2. The maximum atomic E-state index is 12.3. The van der Waals surface area contributed by atoms with Crippen LogP contribution in [0.15, 0.2) is 42.7 Å². The van der Waals surface area contributed by atoms with E-state index in [-0.39, 0.29) is 35.2 Å². The van der Waals surface area contributed by atoms with E-state index in [4.69, 9.17) is 0 Å². The highest BCUT2D eigenvalue weighted by Gasteiger charge is 2.31. The summed E-state index contributed by atoms with van der Waals surface area (Å²) in [6.07, 6.45) is 3.51. The Balaban J connectivity index is 1.64. The van der Waals surface area contributed by atoms with Gasteiger partial charge in [-0.05, 0) is 18.9 Å². The number of hydrogen-bond donors (Lipinski definition) is 1. The Kier molecular flexibility index (Phi) is 5.22. The molecule has 0 saturated carbocycles. The first kappa shape index (κ1) is 18.3. The monoisotopic (exact) mass is 374 g/mol. The number of anilines is 1. The SMILES string of the molecule is CC(NC(=O)c1cnc(N(C)C2CCS(=O)(=O)C2)cn1)c1ccccc1. The Morgan fingerprint density at radius 1 is 1.23 bits per heavy atom. The first-order valence-electron chi connectivity index (χ1n) is 8.47. The van der Waals surface area contributed by atoms with E-state index >= 15 is 0 Å². The van der Waals surface area contributed by atoms with Crippen LogP contribution in [0.2, 0.25) is 0 Å². The molecule has 8 heteroatoms. The number of nitrogens with zero attached hydrogens (tertiary/aromatic N) is 3. The van der Waals surface area contributed by atoms with E-state index in [1.807, 2.05) is 42.2 Å². The van der Waals surface area contributed by atoms with Gasteiger partial charge in [-0.25, -0.2) is 18.4 Å². The van der Waals surface area contributed by atoms with Crippen molar-refractivity contribution in [3.8, 4) is 0 Å². The predicted octanol–water partition coefficient (Wildman–Crippen LogP) is 1.59. The quantitative estimate of drug-likeness (QED) is 0.854. The van der Waals surface area contributed by atoms with Gasteiger partial charge in [-0.3, -0.25) is 4.79 Å². The summed E-state index contributed by atoms with van der Waals surface area (Å²) < 4.78 is 23.2. The molecule has 2 atom stereocenters. The fourth-order valence-corrected chi connectivity index (χ4v) is 4.76. The third kappa shape index (κ3) is 4.19. The summed E-state index contributed by atoms with van der Waals surface area (Å²) in [5, 5.41) is 2.89. The topological polar surface area (TPSA) is 92.3 Å². The van der Waals surface area contributed by atoms with E-state index < -0.39 is 9.84 Å². The largest absolute Gasteiger partial charge is 0.354 e. The summed E-state index contributed by atoms with van der Waals surface area (Å²) in [4.78, 5) is 22.6. The summed E-state index contributed by atoms with van der Waals surface area (Å²) in [7, 11) is -1.17. The van der Waals surface area contributed by atoms with Crippen LogP contribution in [0.1, 0.15) is 35.4 Å². The lowest BCUT2D eigenvalue weighted by molar-refractivity contribution is 0.0934. The van der Waals surface area contributed by atoms with Crippen LogP contribution in [0.3, 0.4) is 0 Å². The van der Waals surface area contributed by atoms with E-state index in [0.29, 0.717) is 12.2 Å². The van der Waals surface area contributed by atoms with Gasteiger partial charge in [0, 0.05) is 13.1 Å². The number of carbonyl (C=O) groups is 1. The van der Waals surface area contributed by atoms with Gasteiger partial charge in [0.2, 0.25) is 0 Å². The molecule has 0 bridgehead atoms. The predicted molar refractivity (Wildman–Crippen MR) is 99.8 cm³/mol. The molecule has 7 nitrogen and oxygen atoms in total. The molecule has 1 N–H and O–H groups in total. The summed E-state index contributed by atoms with van der Waals surface area (Å²) >= 11 is 0. The average molecular weight is 374 g/mol. The van der Waals surface area contributed by atoms with Gasteiger partial charge in [-0.2, -0.15) is 0 Å². The van der Waals surface area contributed by atoms with Crippen molar-refractivity contribution in [1.82, 2.24) is 15.3 Å². The minimum atomic E-state index is -2.96. The molecule has 3 rings (SSSR count). The fourth-order valence-electron chi connectivity index (χ4n) is 2.98. The van der Waals surface area contributed by atoms with Crippen LogP contribution >= 0.6 is 0 Å². The maximum Gasteiger partial charge on any atom is 0.271 e. The molecular weight excluding hydrogens is 352 g/mol. The van der Waals surface area contributed by atoms with E-state index in [0.717, 1.165) is 5.56 Å². The molecular formula is C18H22N4O3S. The second-order valence-corrected chi connectivity index (χ2v) is 8.76. The van der Waals surface area contributed by atoms with Crippen LogP contribution in [0.25, 0.3) is 0 Å². The molecule has 138 valence electrons. The number of rotatable bonds is 5. The molecule has 1 saturated heterocycles. The third-order valence-electron chi connectivity index (χ3n) is 4.64. The Hall–Kier alpha value is -2.48.